The first-order chi connectivity index (χ1) is 21.9. The molecule has 5 rings (SSSR count). The summed E-state index contributed by atoms with van der Waals surface area (Å²) in [4.78, 5) is 13.4. The number of hydrogen-bond acceptors (Lipinski definition) is 5. The van der Waals surface area contributed by atoms with Gasteiger partial charge in [-0.2, -0.15) is 0 Å². The van der Waals surface area contributed by atoms with Crippen LogP contribution in [0.5, 0.6) is 0 Å². The van der Waals surface area contributed by atoms with Gasteiger partial charge in [-0.25, -0.2) is 9.37 Å². The molecule has 0 aliphatic heterocycles. The second kappa shape index (κ2) is 14.9. The van der Waals surface area contributed by atoms with Crippen LogP contribution in [-0.2, 0) is 0 Å². The predicted molar refractivity (Wildman–Crippen MR) is 193 cm³/mol. The van der Waals surface area contributed by atoms with Crippen molar-refractivity contribution in [3.8, 4) is 11.3 Å². The van der Waals surface area contributed by atoms with Gasteiger partial charge in [0.2, 0.25) is 0 Å². The number of thiazole rings is 1. The lowest BCUT2D eigenvalue weighted by Crippen LogP contribution is -2.38. The molecule has 2 unspecified atom stereocenters. The first-order valence-electron chi connectivity index (χ1n) is 16.5. The molecule has 0 N–H and O–H groups in total. The topological polar surface area (TPSA) is 22.6 Å². The van der Waals surface area contributed by atoms with Crippen LogP contribution in [0.15, 0.2) is 97.1 Å². The van der Waals surface area contributed by atoms with Crippen molar-refractivity contribution in [1.29, 1.82) is 0 Å². The Hall–Kier alpha value is -3.90. The molecule has 0 bridgehead atoms. The number of rotatable bonds is 13. The van der Waals surface area contributed by atoms with Crippen molar-refractivity contribution in [2.75, 3.05) is 47.4 Å². The van der Waals surface area contributed by atoms with Gasteiger partial charge in [0.15, 0.2) is 5.13 Å². The van der Waals surface area contributed by atoms with Crippen molar-refractivity contribution >= 4 is 27.8 Å². The first kappa shape index (κ1) is 32.5. The van der Waals surface area contributed by atoms with E-state index in [1.807, 2.05) is 12.1 Å². The van der Waals surface area contributed by atoms with Gasteiger partial charge >= 0.3 is 0 Å². The zero-order chi connectivity index (χ0) is 31.9. The molecule has 0 amide bonds. The number of halogens is 1. The maximum absolute atomic E-state index is 15.6. The SMILES string of the molecule is CCN(CC)c1ccc(C(c2ccc(N(CC)CC)cc2)c2sc(N(CC)C3C=CC=CC3C)nc2-c2ccccc2F)cc1. The number of nitrogens with zero attached hydrogens (tertiary/aromatic N) is 4. The van der Waals surface area contributed by atoms with Crippen LogP contribution in [0, 0.1) is 11.7 Å². The van der Waals surface area contributed by atoms with E-state index in [0.717, 1.165) is 48.4 Å². The lowest BCUT2D eigenvalue weighted by Gasteiger charge is -2.32. The van der Waals surface area contributed by atoms with Crippen LogP contribution in [0.25, 0.3) is 11.3 Å². The summed E-state index contributed by atoms with van der Waals surface area (Å²) in [5.74, 6) is -0.0180. The maximum Gasteiger partial charge on any atom is 0.186 e. The zero-order valence-corrected chi connectivity index (χ0v) is 28.4. The smallest absolute Gasteiger partial charge is 0.186 e. The van der Waals surface area contributed by atoms with E-state index in [2.05, 4.69) is 129 Å². The Morgan fingerprint density at radius 3 is 1.73 bits per heavy atom. The average Bonchev–Trinajstić information content (AvgIpc) is 3.49. The third kappa shape index (κ3) is 6.86. The average molecular weight is 623 g/mol. The zero-order valence-electron chi connectivity index (χ0n) is 27.6. The highest BCUT2D eigenvalue weighted by Crippen LogP contribution is 2.45. The number of benzene rings is 3. The van der Waals surface area contributed by atoms with Gasteiger partial charge in [0.05, 0.1) is 11.7 Å². The van der Waals surface area contributed by atoms with Gasteiger partial charge < -0.3 is 14.7 Å². The Morgan fingerprint density at radius 1 is 0.711 bits per heavy atom. The van der Waals surface area contributed by atoms with E-state index in [1.54, 1.807) is 23.5 Å². The molecule has 0 fully saturated rings. The molecule has 1 heterocycles. The fourth-order valence-corrected chi connectivity index (χ4v) is 7.82. The summed E-state index contributed by atoms with van der Waals surface area (Å²) in [6, 6.07) is 25.1. The second-order valence-corrected chi connectivity index (χ2v) is 12.6. The van der Waals surface area contributed by atoms with Gasteiger partial charge in [0.25, 0.3) is 0 Å². The van der Waals surface area contributed by atoms with E-state index in [9.17, 15) is 0 Å². The first-order valence-corrected chi connectivity index (χ1v) is 17.3. The quantitative estimate of drug-likeness (QED) is 0.148. The predicted octanol–water partition coefficient (Wildman–Crippen LogP) is 9.78. The fourth-order valence-electron chi connectivity index (χ4n) is 6.48. The lowest BCUT2D eigenvalue weighted by atomic mass is 9.87. The fraction of sp³-hybridized carbons (Fsp3) is 0.359. The van der Waals surface area contributed by atoms with Crippen LogP contribution in [-0.4, -0.2) is 43.7 Å². The highest BCUT2D eigenvalue weighted by molar-refractivity contribution is 7.16. The standard InChI is InChI=1S/C39H47FN4S/c1-7-42(8-2)31-24-20-29(21-25-31)36(30-22-26-32(27-23-30)43(9-3)10-4)38-37(33-17-13-14-18-34(33)40)41-39(45-38)44(11-5)35-19-15-12-16-28(35)6/h12-28,35-36H,7-11H2,1-6H3. The van der Waals surface area contributed by atoms with Crippen LogP contribution in [0.1, 0.15) is 63.5 Å². The number of hydrogen-bond donors (Lipinski definition) is 0. The van der Waals surface area contributed by atoms with Crippen LogP contribution >= 0.6 is 11.3 Å². The summed E-state index contributed by atoms with van der Waals surface area (Å²) in [5.41, 5.74) is 6.03. The molecule has 45 heavy (non-hydrogen) atoms. The van der Waals surface area contributed by atoms with Crippen LogP contribution in [0.3, 0.4) is 0 Å². The summed E-state index contributed by atoms with van der Waals surface area (Å²) >= 11 is 1.70. The molecule has 2 atom stereocenters. The molecule has 0 saturated carbocycles. The highest BCUT2D eigenvalue weighted by Gasteiger charge is 2.30. The monoisotopic (exact) mass is 622 g/mol. The third-order valence-electron chi connectivity index (χ3n) is 9.06. The van der Waals surface area contributed by atoms with E-state index in [1.165, 1.54) is 22.5 Å². The van der Waals surface area contributed by atoms with Gasteiger partial charge in [-0.15, -0.1) is 11.3 Å². The summed E-state index contributed by atoms with van der Waals surface area (Å²) in [7, 11) is 0. The van der Waals surface area contributed by atoms with Crippen molar-refractivity contribution < 1.29 is 4.39 Å². The number of aromatic nitrogens is 1. The molecule has 236 valence electrons. The molecule has 1 aromatic heterocycles. The van der Waals surface area contributed by atoms with Gasteiger partial charge in [0.1, 0.15) is 5.82 Å². The number of allylic oxidation sites excluding steroid dienone is 2. The normalized spacial score (nSPS) is 15.9. The van der Waals surface area contributed by atoms with Crippen LogP contribution in [0.4, 0.5) is 20.9 Å². The minimum absolute atomic E-state index is 0.111. The Labute approximate surface area is 273 Å². The van der Waals surface area contributed by atoms with Crippen molar-refractivity contribution in [3.05, 3.63) is 119 Å². The molecule has 4 nitrogen and oxygen atoms in total. The molecule has 3 aromatic carbocycles. The molecular formula is C39H47FN4S. The van der Waals surface area contributed by atoms with Crippen molar-refractivity contribution in [1.82, 2.24) is 4.98 Å². The minimum atomic E-state index is -0.250. The Balaban J connectivity index is 1.70. The summed E-state index contributed by atoms with van der Waals surface area (Å²) in [6.45, 7) is 17.8. The Bertz CT molecular complexity index is 1530. The van der Waals surface area contributed by atoms with Gasteiger partial charge in [-0.05, 0) is 88.1 Å². The van der Waals surface area contributed by atoms with Crippen molar-refractivity contribution in [2.24, 2.45) is 5.92 Å². The lowest BCUT2D eigenvalue weighted by molar-refractivity contribution is 0.570. The van der Waals surface area contributed by atoms with Crippen molar-refractivity contribution in [2.45, 2.75) is 53.5 Å². The van der Waals surface area contributed by atoms with Gasteiger partial charge in [-0.1, -0.05) is 67.6 Å². The molecule has 0 saturated heterocycles. The largest absolute Gasteiger partial charge is 0.372 e. The van der Waals surface area contributed by atoms with E-state index in [0.29, 0.717) is 11.5 Å². The summed E-state index contributed by atoms with van der Waals surface area (Å²) in [6.07, 6.45) is 8.74. The summed E-state index contributed by atoms with van der Waals surface area (Å²) in [5, 5.41) is 0.923. The van der Waals surface area contributed by atoms with E-state index >= 15 is 4.39 Å². The van der Waals surface area contributed by atoms with Gasteiger partial charge in [-0.3, -0.25) is 0 Å². The van der Waals surface area contributed by atoms with Gasteiger partial charge in [0, 0.05) is 60.5 Å². The highest BCUT2D eigenvalue weighted by atomic mass is 32.1. The third-order valence-corrected chi connectivity index (χ3v) is 10.2. The Morgan fingerprint density at radius 2 is 1.24 bits per heavy atom. The molecule has 4 aromatic rings. The molecule has 1 aliphatic rings. The molecule has 0 radical (unpaired) electrons. The van der Waals surface area contributed by atoms with E-state index in [-0.39, 0.29) is 17.8 Å². The molecule has 0 spiro atoms. The van der Waals surface area contributed by atoms with Crippen molar-refractivity contribution in [3.63, 3.8) is 0 Å². The minimum Gasteiger partial charge on any atom is -0.372 e. The maximum atomic E-state index is 15.6. The number of anilines is 3. The molecule has 6 heteroatoms. The summed E-state index contributed by atoms with van der Waals surface area (Å²) < 4.78 is 15.6. The number of likely N-dealkylation sites (N-methyl/N-ethyl adjacent to an activating group) is 1. The molecular weight excluding hydrogens is 576 g/mol. The Kier molecular flexibility index (Phi) is 10.8. The molecule has 1 aliphatic carbocycles. The van der Waals surface area contributed by atoms with Crippen LogP contribution < -0.4 is 14.7 Å². The van der Waals surface area contributed by atoms with E-state index in [4.69, 9.17) is 4.98 Å². The second-order valence-electron chi connectivity index (χ2n) is 11.6. The van der Waals surface area contributed by atoms with Crippen LogP contribution in [0.2, 0.25) is 0 Å². The van der Waals surface area contributed by atoms with E-state index < -0.39 is 0 Å².